The van der Waals surface area contributed by atoms with Gasteiger partial charge in [-0.25, -0.2) is 0 Å². The number of hydrogen-bond donors (Lipinski definition) is 1. The van der Waals surface area contributed by atoms with Crippen molar-refractivity contribution < 1.29 is 4.42 Å². The van der Waals surface area contributed by atoms with Crippen LogP contribution in [-0.4, -0.2) is 23.0 Å². The Morgan fingerprint density at radius 3 is 2.76 bits per heavy atom. The standard InChI is InChI=1S/C14H22N2O/c15-11-3-1-4-13(9-11)16(12-6-7-12)10-14-5-2-8-17-14/h2,5,8,11-13H,1,3-4,6-7,9-10,15H2. The number of rotatable bonds is 4. The van der Waals surface area contributed by atoms with Gasteiger partial charge in [0.2, 0.25) is 0 Å². The summed E-state index contributed by atoms with van der Waals surface area (Å²) in [7, 11) is 0. The molecule has 0 aromatic carbocycles. The first-order valence-corrected chi connectivity index (χ1v) is 6.86. The van der Waals surface area contributed by atoms with Gasteiger partial charge in [0.25, 0.3) is 0 Å². The van der Waals surface area contributed by atoms with Gasteiger partial charge in [-0.1, -0.05) is 6.42 Å². The molecular weight excluding hydrogens is 212 g/mol. The molecule has 0 aliphatic heterocycles. The van der Waals surface area contributed by atoms with Gasteiger partial charge in [-0.05, 0) is 44.2 Å². The highest BCUT2D eigenvalue weighted by Gasteiger charge is 2.36. The van der Waals surface area contributed by atoms with E-state index in [1.807, 2.05) is 6.07 Å². The zero-order chi connectivity index (χ0) is 11.7. The molecule has 0 bridgehead atoms. The summed E-state index contributed by atoms with van der Waals surface area (Å²) in [4.78, 5) is 2.64. The van der Waals surface area contributed by atoms with Crippen LogP contribution in [0.3, 0.4) is 0 Å². The molecule has 94 valence electrons. The van der Waals surface area contributed by atoms with Crippen LogP contribution in [0.2, 0.25) is 0 Å². The van der Waals surface area contributed by atoms with E-state index >= 15 is 0 Å². The van der Waals surface area contributed by atoms with E-state index < -0.39 is 0 Å². The molecule has 1 aromatic heterocycles. The molecule has 0 spiro atoms. The molecule has 3 nitrogen and oxygen atoms in total. The van der Waals surface area contributed by atoms with Crippen molar-refractivity contribution in [2.45, 2.75) is 63.2 Å². The normalized spacial score (nSPS) is 29.8. The van der Waals surface area contributed by atoms with E-state index in [9.17, 15) is 0 Å². The average molecular weight is 234 g/mol. The summed E-state index contributed by atoms with van der Waals surface area (Å²) in [6.07, 6.45) is 9.44. The lowest BCUT2D eigenvalue weighted by atomic mass is 9.90. The summed E-state index contributed by atoms with van der Waals surface area (Å²) >= 11 is 0. The first-order chi connectivity index (χ1) is 8.33. The number of nitrogens with two attached hydrogens (primary N) is 1. The first kappa shape index (κ1) is 11.3. The molecule has 2 unspecified atom stereocenters. The predicted octanol–water partition coefficient (Wildman–Crippen LogP) is 2.51. The van der Waals surface area contributed by atoms with Crippen molar-refractivity contribution in [1.82, 2.24) is 4.90 Å². The monoisotopic (exact) mass is 234 g/mol. The minimum Gasteiger partial charge on any atom is -0.468 e. The van der Waals surface area contributed by atoms with Crippen molar-refractivity contribution >= 4 is 0 Å². The predicted molar refractivity (Wildman–Crippen MR) is 67.5 cm³/mol. The van der Waals surface area contributed by atoms with Crippen LogP contribution in [0.15, 0.2) is 22.8 Å². The lowest BCUT2D eigenvalue weighted by Gasteiger charge is -2.36. The van der Waals surface area contributed by atoms with Crippen molar-refractivity contribution in [3.05, 3.63) is 24.2 Å². The molecule has 17 heavy (non-hydrogen) atoms. The van der Waals surface area contributed by atoms with Gasteiger partial charge in [-0.2, -0.15) is 0 Å². The van der Waals surface area contributed by atoms with Gasteiger partial charge in [0.1, 0.15) is 5.76 Å². The highest BCUT2D eigenvalue weighted by molar-refractivity contribution is 5.01. The minimum absolute atomic E-state index is 0.409. The third kappa shape index (κ3) is 2.72. The van der Waals surface area contributed by atoms with Crippen molar-refractivity contribution in [3.8, 4) is 0 Å². The maximum absolute atomic E-state index is 6.11. The average Bonchev–Trinajstić information content (AvgIpc) is 3.03. The second-order valence-electron chi connectivity index (χ2n) is 5.56. The van der Waals surface area contributed by atoms with Gasteiger partial charge in [0.15, 0.2) is 0 Å². The summed E-state index contributed by atoms with van der Waals surface area (Å²) in [5, 5.41) is 0. The van der Waals surface area contributed by atoms with Crippen molar-refractivity contribution in [3.63, 3.8) is 0 Å². The zero-order valence-electron chi connectivity index (χ0n) is 10.3. The molecule has 0 saturated heterocycles. The summed E-state index contributed by atoms with van der Waals surface area (Å²) in [5.41, 5.74) is 6.11. The van der Waals surface area contributed by atoms with E-state index in [1.165, 1.54) is 32.1 Å². The fourth-order valence-corrected chi connectivity index (χ4v) is 3.05. The topological polar surface area (TPSA) is 42.4 Å². The molecule has 3 rings (SSSR count). The van der Waals surface area contributed by atoms with Gasteiger partial charge in [0, 0.05) is 18.1 Å². The molecule has 2 aliphatic rings. The molecule has 0 amide bonds. The van der Waals surface area contributed by atoms with E-state index in [0.717, 1.165) is 24.8 Å². The quantitative estimate of drug-likeness (QED) is 0.870. The van der Waals surface area contributed by atoms with Crippen molar-refractivity contribution in [1.29, 1.82) is 0 Å². The Kier molecular flexibility index (Phi) is 3.21. The molecule has 2 atom stereocenters. The van der Waals surface area contributed by atoms with Gasteiger partial charge in [-0.15, -0.1) is 0 Å². The van der Waals surface area contributed by atoms with Crippen LogP contribution in [0.25, 0.3) is 0 Å². The minimum atomic E-state index is 0.409. The van der Waals surface area contributed by atoms with E-state index in [0.29, 0.717) is 12.1 Å². The molecule has 2 N–H and O–H groups in total. The van der Waals surface area contributed by atoms with Crippen molar-refractivity contribution in [2.75, 3.05) is 0 Å². The summed E-state index contributed by atoms with van der Waals surface area (Å²) in [6, 6.07) is 5.93. The van der Waals surface area contributed by atoms with Crippen LogP contribution in [-0.2, 0) is 6.54 Å². The molecule has 2 saturated carbocycles. The maximum Gasteiger partial charge on any atom is 0.117 e. The van der Waals surface area contributed by atoms with E-state index in [2.05, 4.69) is 11.0 Å². The lowest BCUT2D eigenvalue weighted by molar-refractivity contribution is 0.122. The summed E-state index contributed by atoms with van der Waals surface area (Å²) in [5.74, 6) is 1.09. The smallest absolute Gasteiger partial charge is 0.117 e. The maximum atomic E-state index is 6.11. The molecule has 0 radical (unpaired) electrons. The highest BCUT2D eigenvalue weighted by atomic mass is 16.3. The SMILES string of the molecule is NC1CCCC(N(Cc2ccco2)C2CC2)C1. The molecule has 1 heterocycles. The van der Waals surface area contributed by atoms with Gasteiger partial charge in [-0.3, -0.25) is 4.90 Å². The van der Waals surface area contributed by atoms with Gasteiger partial charge >= 0.3 is 0 Å². The first-order valence-electron chi connectivity index (χ1n) is 6.86. The fourth-order valence-electron chi connectivity index (χ4n) is 3.05. The van der Waals surface area contributed by atoms with Crippen molar-refractivity contribution in [2.24, 2.45) is 5.73 Å². The van der Waals surface area contributed by atoms with E-state index in [4.69, 9.17) is 10.2 Å². The molecule has 2 aliphatic carbocycles. The molecule has 3 heteroatoms. The Hall–Kier alpha value is -0.800. The zero-order valence-corrected chi connectivity index (χ0v) is 10.3. The molecule has 1 aromatic rings. The van der Waals surface area contributed by atoms with Crippen LogP contribution in [0, 0.1) is 0 Å². The third-order valence-electron chi connectivity index (χ3n) is 4.09. The largest absolute Gasteiger partial charge is 0.468 e. The van der Waals surface area contributed by atoms with Crippen LogP contribution in [0.4, 0.5) is 0 Å². The van der Waals surface area contributed by atoms with Crippen LogP contribution in [0.5, 0.6) is 0 Å². The number of nitrogens with zero attached hydrogens (tertiary/aromatic N) is 1. The van der Waals surface area contributed by atoms with E-state index in [-0.39, 0.29) is 0 Å². The summed E-state index contributed by atoms with van der Waals surface area (Å²) < 4.78 is 5.49. The Morgan fingerprint density at radius 2 is 2.12 bits per heavy atom. The Balaban J connectivity index is 1.66. The highest BCUT2D eigenvalue weighted by Crippen LogP contribution is 2.34. The Morgan fingerprint density at radius 1 is 1.24 bits per heavy atom. The molecule has 2 fully saturated rings. The second-order valence-corrected chi connectivity index (χ2v) is 5.56. The van der Waals surface area contributed by atoms with Crippen LogP contribution >= 0.6 is 0 Å². The third-order valence-corrected chi connectivity index (χ3v) is 4.09. The number of furan rings is 1. The van der Waals surface area contributed by atoms with Crippen LogP contribution < -0.4 is 5.73 Å². The molecular formula is C14H22N2O. The lowest BCUT2D eigenvalue weighted by Crippen LogP contribution is -2.43. The second kappa shape index (κ2) is 4.83. The van der Waals surface area contributed by atoms with Crippen LogP contribution in [0.1, 0.15) is 44.3 Å². The Bertz CT molecular complexity index is 345. The fraction of sp³-hybridized carbons (Fsp3) is 0.714. The van der Waals surface area contributed by atoms with Gasteiger partial charge in [0.05, 0.1) is 12.8 Å². The Labute approximate surface area is 103 Å². The van der Waals surface area contributed by atoms with E-state index in [1.54, 1.807) is 6.26 Å². The summed E-state index contributed by atoms with van der Waals surface area (Å²) in [6.45, 7) is 0.967. The van der Waals surface area contributed by atoms with Gasteiger partial charge < -0.3 is 10.2 Å². The number of hydrogen-bond acceptors (Lipinski definition) is 3.